The zero-order valence-electron chi connectivity index (χ0n) is 8.12. The molecule has 0 aliphatic carbocycles. The summed E-state index contributed by atoms with van der Waals surface area (Å²) in [6, 6.07) is 0. The third kappa shape index (κ3) is 4.65. The Morgan fingerprint density at radius 2 is 2.00 bits per heavy atom. The summed E-state index contributed by atoms with van der Waals surface area (Å²) in [5.74, 6) is 0. The first-order valence-corrected chi connectivity index (χ1v) is 6.32. The number of rotatable bonds is 5. The van der Waals surface area contributed by atoms with E-state index in [-0.39, 0.29) is 0 Å². The summed E-state index contributed by atoms with van der Waals surface area (Å²) in [6.07, 6.45) is -0.417. The predicted octanol–water partition coefficient (Wildman–Crippen LogP) is 2.97. The molecule has 0 aliphatic heterocycles. The molecule has 0 rings (SSSR count). The molecular formula is C7H15ClNO3P. The van der Waals surface area contributed by atoms with Crippen LogP contribution in [0.4, 0.5) is 4.79 Å². The first-order chi connectivity index (χ1) is 6.17. The van der Waals surface area contributed by atoms with Crippen LogP contribution >= 0.6 is 18.9 Å². The van der Waals surface area contributed by atoms with Crippen LogP contribution in [0.25, 0.3) is 0 Å². The Bertz CT molecular complexity index is 159. The first-order valence-electron chi connectivity index (χ1n) is 4.20. The van der Waals surface area contributed by atoms with Gasteiger partial charge in [-0.05, 0) is 32.0 Å². The minimum Gasteiger partial charge on any atom is -0.449 e. The molecule has 78 valence electrons. The van der Waals surface area contributed by atoms with Crippen LogP contribution in [0.1, 0.15) is 20.8 Å². The maximum absolute atomic E-state index is 11.2. The molecule has 0 aromatic carbocycles. The molecule has 0 radical (unpaired) electrons. The van der Waals surface area contributed by atoms with Crippen molar-refractivity contribution in [3.05, 3.63) is 0 Å². The van der Waals surface area contributed by atoms with Crippen molar-refractivity contribution in [2.75, 3.05) is 19.8 Å². The van der Waals surface area contributed by atoms with Crippen molar-refractivity contribution in [1.29, 1.82) is 0 Å². The first kappa shape index (κ1) is 12.9. The lowest BCUT2D eigenvalue weighted by atomic mass is 10.7. The van der Waals surface area contributed by atoms with Gasteiger partial charge in [0.25, 0.3) is 0 Å². The molecule has 0 aromatic heterocycles. The highest BCUT2D eigenvalue weighted by atomic mass is 35.7. The van der Waals surface area contributed by atoms with Gasteiger partial charge in [0.15, 0.2) is 0 Å². The van der Waals surface area contributed by atoms with Gasteiger partial charge in [-0.2, -0.15) is 0 Å². The fourth-order valence-corrected chi connectivity index (χ4v) is 2.24. The molecule has 0 aliphatic rings. The molecule has 0 saturated heterocycles. The fourth-order valence-electron chi connectivity index (χ4n) is 0.679. The number of hydrogen-bond donors (Lipinski definition) is 0. The zero-order valence-corrected chi connectivity index (χ0v) is 9.77. The van der Waals surface area contributed by atoms with E-state index in [1.807, 2.05) is 13.8 Å². The summed E-state index contributed by atoms with van der Waals surface area (Å²) in [5, 5.41) is 0. The van der Waals surface area contributed by atoms with Crippen LogP contribution in [0.3, 0.4) is 0 Å². The Labute approximate surface area is 84.8 Å². The van der Waals surface area contributed by atoms with Gasteiger partial charge in [0.2, 0.25) is 7.65 Å². The normalized spacial score (nSPS) is 12.3. The van der Waals surface area contributed by atoms with Crippen LogP contribution in [-0.2, 0) is 9.26 Å². The molecule has 0 spiro atoms. The molecule has 0 fully saturated rings. The highest BCUT2D eigenvalue weighted by Crippen LogP contribution is 2.46. The van der Waals surface area contributed by atoms with E-state index in [1.54, 1.807) is 6.92 Å². The van der Waals surface area contributed by atoms with Crippen molar-refractivity contribution in [3.63, 3.8) is 0 Å². The van der Waals surface area contributed by atoms with E-state index in [2.05, 4.69) is 0 Å². The van der Waals surface area contributed by atoms with Crippen LogP contribution in [0.5, 0.6) is 0 Å². The predicted molar refractivity (Wildman–Crippen MR) is 53.8 cm³/mol. The molecule has 0 bridgehead atoms. The maximum Gasteiger partial charge on any atom is 0.415 e. The molecule has 0 saturated carbocycles. The minimum atomic E-state index is -1.36. The SMILES string of the molecule is CCOC(=O)N(CC)P(Cl)OCC. The highest BCUT2D eigenvalue weighted by Gasteiger charge is 2.22. The van der Waals surface area contributed by atoms with Gasteiger partial charge in [0.05, 0.1) is 13.2 Å². The Balaban J connectivity index is 4.06. The van der Waals surface area contributed by atoms with Crippen molar-refractivity contribution in [2.24, 2.45) is 0 Å². The molecule has 4 nitrogen and oxygen atoms in total. The van der Waals surface area contributed by atoms with Gasteiger partial charge in [-0.3, -0.25) is 4.67 Å². The van der Waals surface area contributed by atoms with Gasteiger partial charge in [0, 0.05) is 6.54 Å². The van der Waals surface area contributed by atoms with Crippen LogP contribution in [0, 0.1) is 0 Å². The summed E-state index contributed by atoms with van der Waals surface area (Å²) in [6.45, 7) is 6.74. The molecule has 1 unspecified atom stereocenters. The van der Waals surface area contributed by atoms with Gasteiger partial charge >= 0.3 is 6.09 Å². The van der Waals surface area contributed by atoms with Gasteiger partial charge in [-0.15, -0.1) is 0 Å². The van der Waals surface area contributed by atoms with Crippen molar-refractivity contribution >= 4 is 25.0 Å². The number of hydrogen-bond acceptors (Lipinski definition) is 3. The number of ether oxygens (including phenoxy) is 1. The lowest BCUT2D eigenvalue weighted by molar-refractivity contribution is 0.130. The summed E-state index contributed by atoms with van der Waals surface area (Å²) < 4.78 is 11.3. The summed E-state index contributed by atoms with van der Waals surface area (Å²) >= 11 is 5.85. The van der Waals surface area contributed by atoms with E-state index in [9.17, 15) is 4.79 Å². The van der Waals surface area contributed by atoms with Crippen LogP contribution in [-0.4, -0.2) is 30.5 Å². The monoisotopic (exact) mass is 227 g/mol. The number of carbonyl (C=O) groups excluding carboxylic acids is 1. The van der Waals surface area contributed by atoms with E-state index in [0.717, 1.165) is 0 Å². The van der Waals surface area contributed by atoms with Crippen molar-refractivity contribution < 1.29 is 14.1 Å². The van der Waals surface area contributed by atoms with Crippen molar-refractivity contribution in [1.82, 2.24) is 4.67 Å². The number of amides is 1. The third-order valence-corrected chi connectivity index (χ3v) is 3.34. The molecule has 6 heteroatoms. The van der Waals surface area contributed by atoms with Crippen molar-refractivity contribution in [2.45, 2.75) is 20.8 Å². The number of nitrogens with zero attached hydrogens (tertiary/aromatic N) is 1. The summed E-state index contributed by atoms with van der Waals surface area (Å²) in [4.78, 5) is 11.2. The fraction of sp³-hybridized carbons (Fsp3) is 0.857. The number of carbonyl (C=O) groups is 1. The van der Waals surface area contributed by atoms with E-state index in [4.69, 9.17) is 20.5 Å². The summed E-state index contributed by atoms with van der Waals surface area (Å²) in [7, 11) is -1.36. The topological polar surface area (TPSA) is 38.8 Å². The van der Waals surface area contributed by atoms with E-state index in [0.29, 0.717) is 19.8 Å². The van der Waals surface area contributed by atoms with E-state index < -0.39 is 13.7 Å². The minimum absolute atomic E-state index is 0.349. The second-order valence-electron chi connectivity index (χ2n) is 2.06. The molecule has 1 atom stereocenters. The van der Waals surface area contributed by atoms with Crippen LogP contribution in [0.15, 0.2) is 0 Å². The Hall–Kier alpha value is -0.0500. The van der Waals surface area contributed by atoms with Crippen LogP contribution in [0.2, 0.25) is 0 Å². The van der Waals surface area contributed by atoms with Crippen LogP contribution < -0.4 is 0 Å². The molecule has 13 heavy (non-hydrogen) atoms. The lowest BCUT2D eigenvalue weighted by Crippen LogP contribution is -2.26. The summed E-state index contributed by atoms with van der Waals surface area (Å²) in [5.41, 5.74) is 0. The second kappa shape index (κ2) is 7.36. The lowest BCUT2D eigenvalue weighted by Gasteiger charge is -2.23. The number of halogens is 1. The van der Waals surface area contributed by atoms with Crippen molar-refractivity contribution in [3.8, 4) is 0 Å². The standard InChI is InChI=1S/C7H15ClNO3P/c1-4-9(7(10)11-5-2)13(8)12-6-3/h4-6H2,1-3H3. The molecule has 0 aromatic rings. The van der Waals surface area contributed by atoms with Gasteiger partial charge in [0.1, 0.15) is 0 Å². The molecular weight excluding hydrogens is 213 g/mol. The smallest absolute Gasteiger partial charge is 0.415 e. The molecule has 0 N–H and O–H groups in total. The second-order valence-corrected chi connectivity index (χ2v) is 4.12. The average Bonchev–Trinajstić information content (AvgIpc) is 2.06. The Kier molecular flexibility index (Phi) is 7.33. The quantitative estimate of drug-likeness (QED) is 0.678. The third-order valence-electron chi connectivity index (χ3n) is 1.20. The highest BCUT2D eigenvalue weighted by molar-refractivity contribution is 7.78. The largest absolute Gasteiger partial charge is 0.449 e. The van der Waals surface area contributed by atoms with Gasteiger partial charge < -0.3 is 9.26 Å². The maximum atomic E-state index is 11.2. The van der Waals surface area contributed by atoms with Gasteiger partial charge in [-0.1, -0.05) is 0 Å². The molecule has 0 heterocycles. The molecule has 1 amide bonds. The van der Waals surface area contributed by atoms with E-state index in [1.165, 1.54) is 4.67 Å². The zero-order chi connectivity index (χ0) is 10.3. The van der Waals surface area contributed by atoms with E-state index >= 15 is 0 Å². The Morgan fingerprint density at radius 1 is 1.38 bits per heavy atom. The average molecular weight is 228 g/mol. The Morgan fingerprint density at radius 3 is 2.38 bits per heavy atom. The van der Waals surface area contributed by atoms with Gasteiger partial charge in [-0.25, -0.2) is 4.79 Å².